The Morgan fingerprint density at radius 1 is 1.27 bits per heavy atom. The van der Waals surface area contributed by atoms with Crippen LogP contribution in [0, 0.1) is 28.6 Å². The van der Waals surface area contributed by atoms with Crippen molar-refractivity contribution in [2.75, 3.05) is 20.2 Å². The lowest BCUT2D eigenvalue weighted by atomic mass is 9.63. The number of hydrogen-bond acceptors (Lipinski definition) is 5. The molecule has 1 spiro atoms. The number of carbonyl (C=O) groups excluding carboxylic acids is 3. The molecule has 1 aliphatic heterocycles. The first kappa shape index (κ1) is 21.9. The Bertz CT molecular complexity index is 971. The van der Waals surface area contributed by atoms with E-state index in [0.29, 0.717) is 47.8 Å². The third kappa shape index (κ3) is 4.20. The van der Waals surface area contributed by atoms with Crippen LogP contribution in [0.5, 0.6) is 5.75 Å². The maximum Gasteiger partial charge on any atom is 0.236 e. The molecule has 0 aromatic heterocycles. The Hall–Kier alpha value is -2.83. The van der Waals surface area contributed by atoms with Crippen molar-refractivity contribution in [3.05, 3.63) is 28.3 Å². The molecule has 0 N–H and O–H groups in total. The molecule has 0 atom stereocenters. The molecule has 0 unspecified atom stereocenters. The second kappa shape index (κ2) is 8.90. The highest BCUT2D eigenvalue weighted by molar-refractivity contribution is 6.32. The van der Waals surface area contributed by atoms with Gasteiger partial charge in [-0.05, 0) is 37.3 Å². The monoisotopic (exact) mass is 426 g/mol. The molecule has 1 aromatic rings. The van der Waals surface area contributed by atoms with Gasteiger partial charge in [-0.25, -0.2) is 0 Å². The lowest BCUT2D eigenvalue weighted by Gasteiger charge is -2.44. The second-order valence-electron chi connectivity index (χ2n) is 7.88. The molecule has 1 saturated heterocycles. The first-order chi connectivity index (χ1) is 14.3. The van der Waals surface area contributed by atoms with Gasteiger partial charge in [-0.2, -0.15) is 5.26 Å². The van der Waals surface area contributed by atoms with Crippen LogP contribution in [-0.2, 0) is 14.4 Å². The fraction of sp³-hybridized carbons (Fsp3) is 0.478. The van der Waals surface area contributed by atoms with E-state index in [9.17, 15) is 14.4 Å². The van der Waals surface area contributed by atoms with Crippen LogP contribution in [0.4, 0.5) is 0 Å². The van der Waals surface area contributed by atoms with Crippen molar-refractivity contribution in [1.82, 2.24) is 4.90 Å². The number of ether oxygens (including phenoxy) is 1. The normalized spacial score (nSPS) is 18.5. The van der Waals surface area contributed by atoms with Gasteiger partial charge in [0.1, 0.15) is 29.7 Å². The summed E-state index contributed by atoms with van der Waals surface area (Å²) in [7, 11) is 1.48. The van der Waals surface area contributed by atoms with Crippen LogP contribution < -0.4 is 4.74 Å². The molecule has 2 fully saturated rings. The maximum absolute atomic E-state index is 13.1. The van der Waals surface area contributed by atoms with Gasteiger partial charge >= 0.3 is 0 Å². The average molecular weight is 427 g/mol. The van der Waals surface area contributed by atoms with E-state index in [4.69, 9.17) is 21.6 Å². The highest BCUT2D eigenvalue weighted by Gasteiger charge is 2.48. The second-order valence-corrected chi connectivity index (χ2v) is 8.29. The molecule has 1 aliphatic carbocycles. The summed E-state index contributed by atoms with van der Waals surface area (Å²) in [4.78, 5) is 39.9. The van der Waals surface area contributed by atoms with Crippen LogP contribution in [0.1, 0.15) is 56.1 Å². The molecular weight excluding hydrogens is 404 g/mol. The minimum absolute atomic E-state index is 0.149. The van der Waals surface area contributed by atoms with Crippen LogP contribution in [0.3, 0.4) is 0 Å². The average Bonchev–Trinajstić information content (AvgIpc) is 2.69. The number of hydrogen-bond donors (Lipinski definition) is 0. The first-order valence-electron chi connectivity index (χ1n) is 9.84. The van der Waals surface area contributed by atoms with Gasteiger partial charge in [-0.15, -0.1) is 5.92 Å². The standard InChI is InChI=1S/C23H23ClN2O4/c1-3-4-15-11-16(24)21(19(12-15)30-2)22-17(27)13-23(14-18(22)28)6-9-26(10-7-23)20(29)5-8-25/h11-12,22H,5-7,9-10,13-14H2,1-2H3. The highest BCUT2D eigenvalue weighted by Crippen LogP contribution is 2.48. The number of ketones is 2. The van der Waals surface area contributed by atoms with Gasteiger partial charge in [0.15, 0.2) is 0 Å². The van der Waals surface area contributed by atoms with Crippen molar-refractivity contribution in [3.8, 4) is 23.7 Å². The number of methoxy groups -OCH3 is 1. The van der Waals surface area contributed by atoms with Crippen LogP contribution in [0.15, 0.2) is 12.1 Å². The largest absolute Gasteiger partial charge is 0.496 e. The molecular formula is C23H23ClN2O4. The van der Waals surface area contributed by atoms with Gasteiger partial charge < -0.3 is 9.64 Å². The smallest absolute Gasteiger partial charge is 0.236 e. The lowest BCUT2D eigenvalue weighted by Crippen LogP contribution is -2.48. The van der Waals surface area contributed by atoms with Crippen LogP contribution in [-0.4, -0.2) is 42.6 Å². The number of nitrogens with zero attached hydrogens (tertiary/aromatic N) is 2. The van der Waals surface area contributed by atoms with E-state index < -0.39 is 11.3 Å². The van der Waals surface area contributed by atoms with Crippen LogP contribution in [0.2, 0.25) is 5.02 Å². The zero-order valence-electron chi connectivity index (χ0n) is 17.1. The molecule has 1 amide bonds. The van der Waals surface area contributed by atoms with Crippen molar-refractivity contribution in [1.29, 1.82) is 5.26 Å². The summed E-state index contributed by atoms with van der Waals surface area (Å²) in [5.74, 6) is 4.60. The molecule has 1 aromatic carbocycles. The molecule has 0 bridgehead atoms. The zero-order chi connectivity index (χ0) is 21.9. The molecule has 0 radical (unpaired) electrons. The number of amides is 1. The number of likely N-dealkylation sites (tertiary alicyclic amines) is 1. The molecule has 7 heteroatoms. The fourth-order valence-electron chi connectivity index (χ4n) is 4.53. The lowest BCUT2D eigenvalue weighted by molar-refractivity contribution is -0.140. The number of rotatable bonds is 3. The molecule has 1 heterocycles. The van der Waals surface area contributed by atoms with E-state index in [1.165, 1.54) is 7.11 Å². The number of Topliss-reactive ketones (excluding diaryl/α,β-unsaturated/α-hetero) is 2. The zero-order valence-corrected chi connectivity index (χ0v) is 17.8. The topological polar surface area (TPSA) is 87.5 Å². The van der Waals surface area contributed by atoms with Gasteiger partial charge in [0.2, 0.25) is 5.91 Å². The number of piperidine rings is 1. The van der Waals surface area contributed by atoms with Crippen LogP contribution >= 0.6 is 11.6 Å². The molecule has 2 aliphatic rings. The van der Waals surface area contributed by atoms with Gasteiger partial charge in [-0.1, -0.05) is 17.5 Å². The van der Waals surface area contributed by atoms with E-state index in [1.54, 1.807) is 24.0 Å². The summed E-state index contributed by atoms with van der Waals surface area (Å²) in [5.41, 5.74) is 0.638. The summed E-state index contributed by atoms with van der Waals surface area (Å²) in [5, 5.41) is 9.01. The van der Waals surface area contributed by atoms with Gasteiger partial charge in [0.25, 0.3) is 0 Å². The predicted octanol–water partition coefficient (Wildman–Crippen LogP) is 3.26. The number of nitriles is 1. The Kier molecular flexibility index (Phi) is 6.48. The number of benzene rings is 1. The van der Waals surface area contributed by atoms with E-state index >= 15 is 0 Å². The minimum atomic E-state index is -0.944. The van der Waals surface area contributed by atoms with Gasteiger partial charge in [0, 0.05) is 42.1 Å². The Morgan fingerprint density at radius 3 is 2.43 bits per heavy atom. The third-order valence-electron chi connectivity index (χ3n) is 6.02. The maximum atomic E-state index is 13.1. The Morgan fingerprint density at radius 2 is 1.90 bits per heavy atom. The number of carbonyl (C=O) groups is 3. The number of halogens is 1. The molecule has 156 valence electrons. The quantitative estimate of drug-likeness (QED) is 0.546. The van der Waals surface area contributed by atoms with Crippen molar-refractivity contribution in [3.63, 3.8) is 0 Å². The van der Waals surface area contributed by atoms with Crippen molar-refractivity contribution in [2.45, 2.75) is 44.9 Å². The highest BCUT2D eigenvalue weighted by atomic mass is 35.5. The predicted molar refractivity (Wildman–Crippen MR) is 111 cm³/mol. The summed E-state index contributed by atoms with van der Waals surface area (Å²) in [6.45, 7) is 2.63. The Balaban J connectivity index is 1.82. The van der Waals surface area contributed by atoms with E-state index in [2.05, 4.69) is 11.8 Å². The Labute approximate surface area is 181 Å². The van der Waals surface area contributed by atoms with Crippen molar-refractivity contribution in [2.24, 2.45) is 5.41 Å². The van der Waals surface area contributed by atoms with Crippen molar-refractivity contribution >= 4 is 29.1 Å². The third-order valence-corrected chi connectivity index (χ3v) is 6.33. The summed E-state index contributed by atoms with van der Waals surface area (Å²) in [6.07, 6.45) is 1.53. The van der Waals surface area contributed by atoms with E-state index in [0.717, 1.165) is 0 Å². The molecule has 1 saturated carbocycles. The van der Waals surface area contributed by atoms with Crippen molar-refractivity contribution < 1.29 is 19.1 Å². The van der Waals surface area contributed by atoms with Gasteiger partial charge in [-0.3, -0.25) is 14.4 Å². The summed E-state index contributed by atoms with van der Waals surface area (Å²) < 4.78 is 5.44. The SMILES string of the molecule is CC#Cc1cc(Cl)c(C2C(=O)CC3(CCN(C(=O)CC#N)CC3)CC2=O)c(OC)c1. The van der Waals surface area contributed by atoms with Crippen LogP contribution in [0.25, 0.3) is 0 Å². The van der Waals surface area contributed by atoms with E-state index in [-0.39, 0.29) is 36.7 Å². The first-order valence-corrected chi connectivity index (χ1v) is 10.2. The fourth-order valence-corrected chi connectivity index (χ4v) is 4.85. The molecule has 30 heavy (non-hydrogen) atoms. The van der Waals surface area contributed by atoms with Gasteiger partial charge in [0.05, 0.1) is 13.2 Å². The summed E-state index contributed by atoms with van der Waals surface area (Å²) >= 11 is 6.45. The minimum Gasteiger partial charge on any atom is -0.496 e. The van der Waals surface area contributed by atoms with E-state index in [1.807, 2.05) is 6.07 Å². The molecule has 6 nitrogen and oxygen atoms in total. The molecule has 3 rings (SSSR count). The summed E-state index contributed by atoms with van der Waals surface area (Å²) in [6, 6.07) is 5.22.